The van der Waals surface area contributed by atoms with Crippen LogP contribution in [0, 0.1) is 12.7 Å². The SMILES string of the molecule is CC[C@H](C)N1C(=O)/C(=C\c2ccc(-c3ccc(F)cc3)o2)SC1=Nc1ccc(C)cc1. The molecule has 3 aromatic rings. The van der Waals surface area contributed by atoms with Gasteiger partial charge in [-0.1, -0.05) is 24.6 Å². The molecule has 158 valence electrons. The number of carbonyl (C=O) groups is 1. The van der Waals surface area contributed by atoms with E-state index < -0.39 is 0 Å². The van der Waals surface area contributed by atoms with Crippen LogP contribution >= 0.6 is 11.8 Å². The third-order valence-corrected chi connectivity index (χ3v) is 6.14. The normalized spacial score (nSPS) is 17.7. The van der Waals surface area contributed by atoms with E-state index in [0.717, 1.165) is 23.2 Å². The van der Waals surface area contributed by atoms with Crippen molar-refractivity contribution in [2.75, 3.05) is 0 Å². The fraction of sp³-hybridized carbons (Fsp3) is 0.200. The van der Waals surface area contributed by atoms with Gasteiger partial charge in [-0.05, 0) is 80.6 Å². The second-order valence-electron chi connectivity index (χ2n) is 7.48. The fourth-order valence-electron chi connectivity index (χ4n) is 3.19. The summed E-state index contributed by atoms with van der Waals surface area (Å²) in [4.78, 5) is 20.2. The molecule has 1 atom stereocenters. The Hall–Kier alpha value is -3.12. The molecule has 4 rings (SSSR count). The van der Waals surface area contributed by atoms with Crippen LogP contribution in [0.3, 0.4) is 0 Å². The Labute approximate surface area is 185 Å². The van der Waals surface area contributed by atoms with Crippen LogP contribution in [0.25, 0.3) is 17.4 Å². The van der Waals surface area contributed by atoms with Gasteiger partial charge in [-0.25, -0.2) is 9.38 Å². The number of aryl methyl sites for hydroxylation is 1. The van der Waals surface area contributed by atoms with Crippen LogP contribution in [0.2, 0.25) is 0 Å². The quantitative estimate of drug-likeness (QED) is 0.415. The van der Waals surface area contributed by atoms with Crippen molar-refractivity contribution in [1.29, 1.82) is 0 Å². The summed E-state index contributed by atoms with van der Waals surface area (Å²) in [5, 5.41) is 0.666. The Kier molecular flexibility index (Phi) is 6.09. The van der Waals surface area contributed by atoms with Crippen LogP contribution in [0.1, 0.15) is 31.6 Å². The number of halogens is 1. The molecule has 1 aliphatic rings. The highest BCUT2D eigenvalue weighted by atomic mass is 32.2. The first-order chi connectivity index (χ1) is 14.9. The first-order valence-corrected chi connectivity index (χ1v) is 11.0. The molecule has 2 heterocycles. The molecule has 1 saturated heterocycles. The van der Waals surface area contributed by atoms with E-state index in [-0.39, 0.29) is 17.8 Å². The number of hydrogen-bond donors (Lipinski definition) is 0. The molecule has 31 heavy (non-hydrogen) atoms. The van der Waals surface area contributed by atoms with E-state index in [0.29, 0.717) is 21.6 Å². The van der Waals surface area contributed by atoms with Crippen molar-refractivity contribution < 1.29 is 13.6 Å². The van der Waals surface area contributed by atoms with Crippen molar-refractivity contribution >= 4 is 34.6 Å². The summed E-state index contributed by atoms with van der Waals surface area (Å²) in [6, 6.07) is 17.7. The Balaban J connectivity index is 1.64. The van der Waals surface area contributed by atoms with Gasteiger partial charge >= 0.3 is 0 Å². The van der Waals surface area contributed by atoms with E-state index in [1.807, 2.05) is 50.2 Å². The highest BCUT2D eigenvalue weighted by Crippen LogP contribution is 2.36. The molecule has 4 nitrogen and oxygen atoms in total. The second kappa shape index (κ2) is 8.94. The van der Waals surface area contributed by atoms with Crippen LogP contribution in [0.4, 0.5) is 10.1 Å². The van der Waals surface area contributed by atoms with Gasteiger partial charge in [-0.2, -0.15) is 0 Å². The van der Waals surface area contributed by atoms with Crippen LogP contribution in [0.5, 0.6) is 0 Å². The van der Waals surface area contributed by atoms with Crippen molar-refractivity contribution in [3.8, 4) is 11.3 Å². The Bertz CT molecular complexity index is 1150. The molecule has 1 fully saturated rings. The number of aliphatic imine (C=N–C) groups is 1. The molecule has 0 spiro atoms. The molecule has 0 bridgehead atoms. The summed E-state index contributed by atoms with van der Waals surface area (Å²) in [5.74, 6) is 0.812. The van der Waals surface area contributed by atoms with E-state index in [1.54, 1.807) is 23.1 Å². The van der Waals surface area contributed by atoms with Gasteiger partial charge in [0.05, 0.1) is 10.6 Å². The van der Waals surface area contributed by atoms with Gasteiger partial charge in [0.1, 0.15) is 17.3 Å². The summed E-state index contributed by atoms with van der Waals surface area (Å²) in [6.45, 7) is 6.10. The van der Waals surface area contributed by atoms with Crippen LogP contribution in [-0.4, -0.2) is 22.0 Å². The van der Waals surface area contributed by atoms with Gasteiger partial charge in [0.2, 0.25) is 0 Å². The minimum absolute atomic E-state index is 0.0291. The minimum Gasteiger partial charge on any atom is -0.457 e. The Morgan fingerprint density at radius 3 is 2.48 bits per heavy atom. The first-order valence-electron chi connectivity index (χ1n) is 10.2. The number of nitrogens with zero attached hydrogens (tertiary/aromatic N) is 2. The third-order valence-electron chi connectivity index (χ3n) is 5.16. The van der Waals surface area contributed by atoms with Gasteiger partial charge in [-0.15, -0.1) is 0 Å². The Morgan fingerprint density at radius 2 is 1.81 bits per heavy atom. The molecule has 1 aliphatic heterocycles. The van der Waals surface area contributed by atoms with E-state index in [2.05, 4.69) is 6.92 Å². The van der Waals surface area contributed by atoms with Crippen molar-refractivity contribution in [3.63, 3.8) is 0 Å². The summed E-state index contributed by atoms with van der Waals surface area (Å²) < 4.78 is 19.1. The molecule has 0 saturated carbocycles. The number of rotatable bonds is 5. The molecule has 0 N–H and O–H groups in total. The van der Waals surface area contributed by atoms with Gasteiger partial charge < -0.3 is 4.42 Å². The van der Waals surface area contributed by atoms with E-state index in [9.17, 15) is 9.18 Å². The number of furan rings is 1. The zero-order valence-electron chi connectivity index (χ0n) is 17.6. The maximum atomic E-state index is 13.2. The molecule has 1 amide bonds. The highest BCUT2D eigenvalue weighted by molar-refractivity contribution is 8.18. The molecule has 0 radical (unpaired) electrons. The number of carbonyl (C=O) groups excluding carboxylic acids is 1. The lowest BCUT2D eigenvalue weighted by molar-refractivity contribution is -0.123. The lowest BCUT2D eigenvalue weighted by Gasteiger charge is -2.22. The topological polar surface area (TPSA) is 45.8 Å². The average Bonchev–Trinajstić information content (AvgIpc) is 3.35. The molecule has 1 aromatic heterocycles. The highest BCUT2D eigenvalue weighted by Gasteiger charge is 2.36. The van der Waals surface area contributed by atoms with Crippen molar-refractivity contribution in [1.82, 2.24) is 4.90 Å². The average molecular weight is 435 g/mol. The molecular formula is C25H23FN2O2S. The molecule has 0 unspecified atom stereocenters. The predicted octanol–water partition coefficient (Wildman–Crippen LogP) is 6.80. The van der Waals surface area contributed by atoms with Crippen LogP contribution in [0.15, 0.2) is 75.0 Å². The zero-order valence-corrected chi connectivity index (χ0v) is 18.4. The van der Waals surface area contributed by atoms with Crippen LogP contribution in [-0.2, 0) is 4.79 Å². The summed E-state index contributed by atoms with van der Waals surface area (Å²) in [7, 11) is 0. The number of hydrogen-bond acceptors (Lipinski definition) is 4. The number of amides is 1. The van der Waals surface area contributed by atoms with E-state index in [1.165, 1.54) is 23.9 Å². The lowest BCUT2D eigenvalue weighted by atomic mass is 10.2. The molecule has 0 aliphatic carbocycles. The number of amidine groups is 1. The molecule has 6 heteroatoms. The van der Waals surface area contributed by atoms with Gasteiger partial charge in [0.25, 0.3) is 5.91 Å². The van der Waals surface area contributed by atoms with Gasteiger partial charge in [0.15, 0.2) is 5.17 Å². The van der Waals surface area contributed by atoms with Gasteiger partial charge in [0, 0.05) is 17.7 Å². The predicted molar refractivity (Wildman–Crippen MR) is 125 cm³/mol. The molecule has 2 aromatic carbocycles. The molecular weight excluding hydrogens is 411 g/mol. The van der Waals surface area contributed by atoms with Crippen molar-refractivity contribution in [2.24, 2.45) is 4.99 Å². The summed E-state index contributed by atoms with van der Waals surface area (Å²) >= 11 is 1.35. The van der Waals surface area contributed by atoms with Crippen LogP contribution < -0.4 is 0 Å². The fourth-order valence-corrected chi connectivity index (χ4v) is 4.26. The summed E-state index contributed by atoms with van der Waals surface area (Å²) in [6.07, 6.45) is 2.56. The summed E-state index contributed by atoms with van der Waals surface area (Å²) in [5.41, 5.74) is 2.75. The minimum atomic E-state index is -0.295. The largest absolute Gasteiger partial charge is 0.457 e. The zero-order chi connectivity index (χ0) is 22.0. The maximum absolute atomic E-state index is 13.2. The first kappa shape index (κ1) is 21.1. The lowest BCUT2D eigenvalue weighted by Crippen LogP contribution is -2.36. The van der Waals surface area contributed by atoms with E-state index >= 15 is 0 Å². The van der Waals surface area contributed by atoms with Gasteiger partial charge in [-0.3, -0.25) is 9.69 Å². The van der Waals surface area contributed by atoms with E-state index in [4.69, 9.17) is 9.41 Å². The smallest absolute Gasteiger partial charge is 0.267 e. The van der Waals surface area contributed by atoms with Crippen molar-refractivity contribution in [2.45, 2.75) is 33.2 Å². The monoisotopic (exact) mass is 434 g/mol. The Morgan fingerprint density at radius 1 is 1.10 bits per heavy atom. The maximum Gasteiger partial charge on any atom is 0.267 e. The number of thioether (sulfide) groups is 1. The number of benzene rings is 2. The third kappa shape index (κ3) is 4.64. The standard InChI is InChI=1S/C25H23FN2O2S/c1-4-17(3)28-24(29)23(31-25(28)27-20-11-5-16(2)6-12-20)15-21-13-14-22(30-21)18-7-9-19(26)10-8-18/h5-15,17H,4H2,1-3H3/b23-15+,27-25?/t17-/m0/s1. The second-order valence-corrected chi connectivity index (χ2v) is 8.49. The van der Waals surface area contributed by atoms with Crippen molar-refractivity contribution in [3.05, 3.63) is 82.7 Å².